The molecule has 0 unspecified atom stereocenters. The number of carbonyl (C=O) groups is 2. The summed E-state index contributed by atoms with van der Waals surface area (Å²) >= 11 is 1.59. The number of nitrogens with one attached hydrogen (secondary N) is 4. The molecule has 0 atom stereocenters. The molecule has 0 aliphatic carbocycles. The lowest BCUT2D eigenvalue weighted by molar-refractivity contribution is -0.119. The summed E-state index contributed by atoms with van der Waals surface area (Å²) in [4.78, 5) is 32.1. The zero-order valence-corrected chi connectivity index (χ0v) is 18.6. The molecule has 0 aliphatic heterocycles. The van der Waals surface area contributed by atoms with Crippen molar-refractivity contribution in [2.45, 2.75) is 6.92 Å². The molecular formula is C23H26N6O2S. The van der Waals surface area contributed by atoms with Crippen molar-refractivity contribution in [3.8, 4) is 11.4 Å². The maximum atomic E-state index is 11.9. The third-order valence-corrected chi connectivity index (χ3v) is 4.97. The average molecular weight is 451 g/mol. The van der Waals surface area contributed by atoms with Crippen LogP contribution in [0.5, 0.6) is 0 Å². The highest BCUT2D eigenvalue weighted by atomic mass is 32.1. The Hall–Kier alpha value is -3.72. The van der Waals surface area contributed by atoms with E-state index in [4.69, 9.17) is 0 Å². The molecule has 0 fully saturated rings. The second kappa shape index (κ2) is 12.2. The Balaban J connectivity index is 1.57. The monoisotopic (exact) mass is 450 g/mol. The van der Waals surface area contributed by atoms with Gasteiger partial charge in [0.25, 0.3) is 0 Å². The summed E-state index contributed by atoms with van der Waals surface area (Å²) in [6.07, 6.45) is 3.31. The number of hydrogen-bond acceptors (Lipinski definition) is 7. The van der Waals surface area contributed by atoms with Gasteiger partial charge in [0.05, 0.1) is 0 Å². The lowest BCUT2D eigenvalue weighted by Gasteiger charge is -2.12. The normalized spacial score (nSPS) is 10.7. The van der Waals surface area contributed by atoms with Crippen molar-refractivity contribution in [3.63, 3.8) is 0 Å². The van der Waals surface area contributed by atoms with Crippen LogP contribution in [0.1, 0.15) is 12.5 Å². The van der Waals surface area contributed by atoms with Crippen molar-refractivity contribution >= 4 is 40.9 Å². The zero-order valence-electron chi connectivity index (χ0n) is 17.8. The third kappa shape index (κ3) is 7.84. The van der Waals surface area contributed by atoms with E-state index in [1.807, 2.05) is 47.2 Å². The number of benzene rings is 1. The topological polar surface area (TPSA) is 108 Å². The quantitative estimate of drug-likeness (QED) is 0.264. The second-order valence-corrected chi connectivity index (χ2v) is 7.63. The maximum Gasteiger partial charge on any atom is 0.244 e. The molecule has 0 spiro atoms. The predicted octanol–water partition coefficient (Wildman–Crippen LogP) is 2.99. The first-order valence-corrected chi connectivity index (χ1v) is 11.2. The lowest BCUT2D eigenvalue weighted by atomic mass is 10.2. The number of nitrogens with zero attached hydrogens (tertiary/aromatic N) is 2. The van der Waals surface area contributed by atoms with Crippen molar-refractivity contribution in [3.05, 3.63) is 64.9 Å². The van der Waals surface area contributed by atoms with Gasteiger partial charge in [-0.3, -0.25) is 9.59 Å². The van der Waals surface area contributed by atoms with Gasteiger partial charge in [-0.1, -0.05) is 30.3 Å². The molecule has 0 saturated carbocycles. The minimum Gasteiger partial charge on any atom is -0.368 e. The zero-order chi connectivity index (χ0) is 22.6. The number of thiophene rings is 1. The van der Waals surface area contributed by atoms with Crippen LogP contribution < -0.4 is 21.3 Å². The molecule has 0 radical (unpaired) electrons. The molecule has 4 N–H and O–H groups in total. The Morgan fingerprint density at radius 3 is 2.25 bits per heavy atom. The van der Waals surface area contributed by atoms with E-state index >= 15 is 0 Å². The van der Waals surface area contributed by atoms with Crippen LogP contribution in [0, 0.1) is 0 Å². The van der Waals surface area contributed by atoms with E-state index < -0.39 is 0 Å². The first kappa shape index (κ1) is 23.0. The van der Waals surface area contributed by atoms with Crippen molar-refractivity contribution < 1.29 is 9.59 Å². The highest BCUT2D eigenvalue weighted by Gasteiger charge is 2.07. The second-order valence-electron chi connectivity index (χ2n) is 6.85. The van der Waals surface area contributed by atoms with Crippen molar-refractivity contribution in [1.82, 2.24) is 20.6 Å². The summed E-state index contributed by atoms with van der Waals surface area (Å²) in [5.41, 5.74) is 1.91. The van der Waals surface area contributed by atoms with Gasteiger partial charge in [0, 0.05) is 50.8 Å². The van der Waals surface area contributed by atoms with Gasteiger partial charge in [0.2, 0.25) is 11.8 Å². The molecule has 0 aliphatic rings. The number of hydrogen-bond donors (Lipinski definition) is 4. The lowest BCUT2D eigenvalue weighted by Crippen LogP contribution is -2.27. The first-order valence-electron chi connectivity index (χ1n) is 10.2. The van der Waals surface area contributed by atoms with Crippen LogP contribution in [0.15, 0.2) is 59.3 Å². The van der Waals surface area contributed by atoms with Gasteiger partial charge in [-0.15, -0.1) is 0 Å². The van der Waals surface area contributed by atoms with E-state index in [0.29, 0.717) is 43.6 Å². The van der Waals surface area contributed by atoms with Gasteiger partial charge in [-0.2, -0.15) is 11.3 Å². The van der Waals surface area contributed by atoms with Crippen LogP contribution in [0.3, 0.4) is 0 Å². The molecule has 0 bridgehead atoms. The summed E-state index contributed by atoms with van der Waals surface area (Å²) in [6.45, 7) is 3.47. The van der Waals surface area contributed by atoms with E-state index in [9.17, 15) is 9.59 Å². The minimum atomic E-state index is -0.147. The van der Waals surface area contributed by atoms with Crippen LogP contribution in [-0.2, 0) is 9.59 Å². The number of amides is 2. The summed E-state index contributed by atoms with van der Waals surface area (Å²) in [5.74, 6) is 1.65. The third-order valence-electron chi connectivity index (χ3n) is 4.26. The van der Waals surface area contributed by atoms with Gasteiger partial charge < -0.3 is 21.3 Å². The molecule has 9 heteroatoms. The molecule has 3 aromatic rings. The Labute approximate surface area is 191 Å². The Kier molecular flexibility index (Phi) is 8.76. The summed E-state index contributed by atoms with van der Waals surface area (Å²) in [6, 6.07) is 13.5. The fourth-order valence-electron chi connectivity index (χ4n) is 2.75. The largest absolute Gasteiger partial charge is 0.368 e. The van der Waals surface area contributed by atoms with Crippen LogP contribution in [0.25, 0.3) is 17.5 Å². The summed E-state index contributed by atoms with van der Waals surface area (Å²) in [5, 5.41) is 16.0. The maximum absolute atomic E-state index is 11.9. The van der Waals surface area contributed by atoms with Crippen molar-refractivity contribution in [2.75, 3.05) is 36.8 Å². The minimum absolute atomic E-state index is 0.0750. The highest BCUT2D eigenvalue weighted by Crippen LogP contribution is 2.19. The van der Waals surface area contributed by atoms with Gasteiger partial charge in [-0.05, 0) is 28.5 Å². The van der Waals surface area contributed by atoms with Gasteiger partial charge in [0.1, 0.15) is 11.6 Å². The molecule has 2 amide bonds. The van der Waals surface area contributed by atoms with Gasteiger partial charge >= 0.3 is 0 Å². The fourth-order valence-corrected chi connectivity index (χ4v) is 3.38. The molecule has 1 aromatic carbocycles. The average Bonchev–Trinajstić information content (AvgIpc) is 3.32. The summed E-state index contributed by atoms with van der Waals surface area (Å²) in [7, 11) is 0. The number of carbonyl (C=O) groups excluding carboxylic acids is 2. The number of aromatic nitrogens is 2. The van der Waals surface area contributed by atoms with Crippen LogP contribution >= 0.6 is 11.3 Å². The predicted molar refractivity (Wildman–Crippen MR) is 129 cm³/mol. The fraction of sp³-hybridized carbons (Fsp3) is 0.217. The van der Waals surface area contributed by atoms with E-state index in [1.54, 1.807) is 23.5 Å². The molecule has 3 rings (SSSR count). The molecule has 2 aromatic heterocycles. The Morgan fingerprint density at radius 1 is 0.938 bits per heavy atom. The Bertz CT molecular complexity index is 1040. The van der Waals surface area contributed by atoms with Crippen LogP contribution in [-0.4, -0.2) is 48.0 Å². The van der Waals surface area contributed by atoms with Crippen molar-refractivity contribution in [2.24, 2.45) is 0 Å². The van der Waals surface area contributed by atoms with Crippen molar-refractivity contribution in [1.29, 1.82) is 0 Å². The SMILES string of the molecule is CC(=O)NCCNc1cc(NCCNC(=O)/C=C/c2ccsc2)nc(-c2ccccc2)n1. The highest BCUT2D eigenvalue weighted by molar-refractivity contribution is 7.08. The summed E-state index contributed by atoms with van der Waals surface area (Å²) < 4.78 is 0. The van der Waals surface area contributed by atoms with Gasteiger partial charge in [-0.25, -0.2) is 9.97 Å². The molecule has 166 valence electrons. The van der Waals surface area contributed by atoms with E-state index in [1.165, 1.54) is 13.0 Å². The number of anilines is 2. The molecule has 8 nitrogen and oxygen atoms in total. The van der Waals surface area contributed by atoms with E-state index in [0.717, 1.165) is 11.1 Å². The molecule has 2 heterocycles. The first-order chi connectivity index (χ1) is 15.6. The van der Waals surface area contributed by atoms with Crippen LogP contribution in [0.2, 0.25) is 0 Å². The smallest absolute Gasteiger partial charge is 0.244 e. The van der Waals surface area contributed by atoms with E-state index in [2.05, 4.69) is 31.2 Å². The number of rotatable bonds is 11. The standard InChI is InChI=1S/C23H26N6O2S/c1-17(30)24-10-11-25-20-15-21(29-23(28-20)19-5-3-2-4-6-19)26-12-13-27-22(31)8-7-18-9-14-32-16-18/h2-9,14-16H,10-13H2,1H3,(H,24,30)(H,27,31)(H2,25,26,28,29)/b8-7+. The van der Waals surface area contributed by atoms with E-state index in [-0.39, 0.29) is 11.8 Å². The van der Waals surface area contributed by atoms with Gasteiger partial charge in [0.15, 0.2) is 5.82 Å². The molecule has 0 saturated heterocycles. The van der Waals surface area contributed by atoms with Crippen LogP contribution in [0.4, 0.5) is 11.6 Å². The Morgan fingerprint density at radius 2 is 1.62 bits per heavy atom. The molecule has 32 heavy (non-hydrogen) atoms. The molecular weight excluding hydrogens is 424 g/mol.